The zero-order chi connectivity index (χ0) is 16.3. The predicted octanol–water partition coefficient (Wildman–Crippen LogP) is 0.951. The molecule has 128 valence electrons. The molecule has 1 saturated carbocycles. The Labute approximate surface area is 138 Å². The van der Waals surface area contributed by atoms with Crippen LogP contribution in [0.5, 0.6) is 0 Å². The molecule has 1 aromatic heterocycles. The Morgan fingerprint density at radius 3 is 2.78 bits per heavy atom. The summed E-state index contributed by atoms with van der Waals surface area (Å²) in [5.41, 5.74) is -0.528. The molecule has 0 spiro atoms. The van der Waals surface area contributed by atoms with E-state index in [1.54, 1.807) is 6.20 Å². The summed E-state index contributed by atoms with van der Waals surface area (Å²) in [6, 6.07) is 2.76. The average Bonchev–Trinajstić information content (AvgIpc) is 3.10. The molecule has 1 saturated heterocycles. The second kappa shape index (κ2) is 7.01. The first-order chi connectivity index (χ1) is 11.1. The molecule has 1 amide bonds. The molecule has 6 nitrogen and oxygen atoms in total. The smallest absolute Gasteiger partial charge is 0.248 e. The Balaban J connectivity index is 1.72. The van der Waals surface area contributed by atoms with Crippen LogP contribution in [0.1, 0.15) is 38.5 Å². The molecule has 0 aromatic carbocycles. The molecular formula is C17H29N5O. The maximum absolute atomic E-state index is 13.1. The topological polar surface area (TPSA) is 62.2 Å². The number of carbonyl (C=O) groups is 1. The van der Waals surface area contributed by atoms with Crippen LogP contribution in [0.25, 0.3) is 0 Å². The van der Waals surface area contributed by atoms with E-state index >= 15 is 0 Å². The van der Waals surface area contributed by atoms with Gasteiger partial charge in [-0.1, -0.05) is 0 Å². The van der Waals surface area contributed by atoms with E-state index in [1.807, 2.05) is 16.9 Å². The van der Waals surface area contributed by atoms with Gasteiger partial charge in [-0.2, -0.15) is 5.10 Å². The Morgan fingerprint density at radius 2 is 2.13 bits per heavy atom. The standard InChI is InChI=1S/C17H29N5O/c1-21(2)15-6-3-5-14(13-15)20-16(23)17(7-10-18-11-8-17)22-12-4-9-19-22/h4,9,12,14-15,18H,3,5-8,10-11,13H2,1-2H3,(H,20,23). The first kappa shape index (κ1) is 16.5. The molecule has 6 heteroatoms. The summed E-state index contributed by atoms with van der Waals surface area (Å²) in [6.45, 7) is 1.72. The summed E-state index contributed by atoms with van der Waals surface area (Å²) >= 11 is 0. The van der Waals surface area contributed by atoms with Crippen LogP contribution < -0.4 is 10.6 Å². The minimum atomic E-state index is -0.528. The summed E-state index contributed by atoms with van der Waals surface area (Å²) in [5, 5.41) is 11.1. The zero-order valence-corrected chi connectivity index (χ0v) is 14.3. The summed E-state index contributed by atoms with van der Waals surface area (Å²) in [7, 11) is 4.26. The third-order valence-corrected chi connectivity index (χ3v) is 5.51. The van der Waals surface area contributed by atoms with Crippen molar-refractivity contribution in [3.63, 3.8) is 0 Å². The van der Waals surface area contributed by atoms with Crippen molar-refractivity contribution in [2.45, 2.75) is 56.1 Å². The Bertz CT molecular complexity index is 507. The molecule has 1 aromatic rings. The molecule has 2 aliphatic rings. The van der Waals surface area contributed by atoms with E-state index in [2.05, 4.69) is 34.7 Å². The van der Waals surface area contributed by atoms with Crippen molar-refractivity contribution in [3.05, 3.63) is 18.5 Å². The zero-order valence-electron chi connectivity index (χ0n) is 14.3. The van der Waals surface area contributed by atoms with Gasteiger partial charge in [-0.05, 0) is 71.8 Å². The van der Waals surface area contributed by atoms with Crippen LogP contribution in [-0.4, -0.2) is 59.9 Å². The van der Waals surface area contributed by atoms with Crippen molar-refractivity contribution >= 4 is 5.91 Å². The molecule has 23 heavy (non-hydrogen) atoms. The van der Waals surface area contributed by atoms with Crippen LogP contribution in [-0.2, 0) is 10.3 Å². The maximum atomic E-state index is 13.1. The van der Waals surface area contributed by atoms with Crippen LogP contribution in [0, 0.1) is 0 Å². The highest BCUT2D eigenvalue weighted by Gasteiger charge is 2.43. The minimum Gasteiger partial charge on any atom is -0.351 e. The molecule has 0 bridgehead atoms. The predicted molar refractivity (Wildman–Crippen MR) is 90.2 cm³/mol. The van der Waals surface area contributed by atoms with E-state index in [0.29, 0.717) is 6.04 Å². The van der Waals surface area contributed by atoms with Crippen molar-refractivity contribution in [1.82, 2.24) is 25.3 Å². The SMILES string of the molecule is CN(C)C1CCCC(NC(=O)C2(n3cccn3)CCNCC2)C1. The highest BCUT2D eigenvalue weighted by atomic mass is 16.2. The number of amides is 1. The van der Waals surface area contributed by atoms with Crippen LogP contribution in [0.4, 0.5) is 0 Å². The number of nitrogens with zero attached hydrogens (tertiary/aromatic N) is 3. The van der Waals surface area contributed by atoms with Crippen molar-refractivity contribution in [1.29, 1.82) is 0 Å². The summed E-state index contributed by atoms with van der Waals surface area (Å²) in [6.07, 6.45) is 9.83. The number of aromatic nitrogens is 2. The van der Waals surface area contributed by atoms with Crippen molar-refractivity contribution < 1.29 is 4.79 Å². The lowest BCUT2D eigenvalue weighted by molar-refractivity contribution is -0.133. The van der Waals surface area contributed by atoms with Gasteiger partial charge in [-0.3, -0.25) is 9.48 Å². The van der Waals surface area contributed by atoms with Crippen molar-refractivity contribution in [2.75, 3.05) is 27.2 Å². The molecule has 2 unspecified atom stereocenters. The van der Waals surface area contributed by atoms with Crippen LogP contribution >= 0.6 is 0 Å². The van der Waals surface area contributed by atoms with Crippen LogP contribution in [0.15, 0.2) is 18.5 Å². The molecule has 3 rings (SSSR count). The van der Waals surface area contributed by atoms with Gasteiger partial charge in [0.1, 0.15) is 5.54 Å². The second-order valence-electron chi connectivity index (χ2n) is 7.19. The summed E-state index contributed by atoms with van der Waals surface area (Å²) < 4.78 is 1.87. The van der Waals surface area contributed by atoms with Crippen molar-refractivity contribution in [3.8, 4) is 0 Å². The van der Waals surface area contributed by atoms with Gasteiger partial charge in [0.25, 0.3) is 0 Å². The van der Waals surface area contributed by atoms with Gasteiger partial charge < -0.3 is 15.5 Å². The normalized spacial score (nSPS) is 27.8. The first-order valence-electron chi connectivity index (χ1n) is 8.80. The lowest BCUT2D eigenvalue weighted by atomic mass is 9.85. The van der Waals surface area contributed by atoms with Gasteiger partial charge in [0, 0.05) is 24.5 Å². The number of rotatable bonds is 4. The van der Waals surface area contributed by atoms with Gasteiger partial charge in [0.05, 0.1) is 0 Å². The molecule has 2 atom stereocenters. The van der Waals surface area contributed by atoms with Crippen LogP contribution in [0.3, 0.4) is 0 Å². The van der Waals surface area contributed by atoms with E-state index in [4.69, 9.17) is 0 Å². The quantitative estimate of drug-likeness (QED) is 0.867. The molecule has 0 radical (unpaired) electrons. The third kappa shape index (κ3) is 3.43. The molecule has 2 fully saturated rings. The van der Waals surface area contributed by atoms with E-state index in [-0.39, 0.29) is 11.9 Å². The third-order valence-electron chi connectivity index (χ3n) is 5.51. The highest BCUT2D eigenvalue weighted by Crippen LogP contribution is 2.29. The van der Waals surface area contributed by atoms with Gasteiger partial charge in [-0.15, -0.1) is 0 Å². The minimum absolute atomic E-state index is 0.145. The van der Waals surface area contributed by atoms with Gasteiger partial charge in [-0.25, -0.2) is 0 Å². The van der Waals surface area contributed by atoms with E-state index < -0.39 is 5.54 Å². The number of nitrogens with one attached hydrogen (secondary N) is 2. The summed E-state index contributed by atoms with van der Waals surface area (Å²) in [5.74, 6) is 0.145. The largest absolute Gasteiger partial charge is 0.351 e. The lowest BCUT2D eigenvalue weighted by Crippen LogP contribution is -2.57. The van der Waals surface area contributed by atoms with E-state index in [0.717, 1.165) is 38.8 Å². The molecule has 1 aliphatic carbocycles. The molecule has 2 N–H and O–H groups in total. The number of hydrogen-bond acceptors (Lipinski definition) is 4. The van der Waals surface area contributed by atoms with E-state index in [9.17, 15) is 4.79 Å². The van der Waals surface area contributed by atoms with Gasteiger partial charge >= 0.3 is 0 Å². The number of piperidine rings is 1. The summed E-state index contributed by atoms with van der Waals surface area (Å²) in [4.78, 5) is 15.4. The monoisotopic (exact) mass is 319 g/mol. The average molecular weight is 319 g/mol. The number of carbonyl (C=O) groups excluding carboxylic acids is 1. The fourth-order valence-electron chi connectivity index (χ4n) is 4.01. The van der Waals surface area contributed by atoms with Crippen molar-refractivity contribution in [2.24, 2.45) is 0 Å². The fourth-order valence-corrected chi connectivity index (χ4v) is 4.01. The van der Waals surface area contributed by atoms with Gasteiger partial charge in [0.15, 0.2) is 0 Å². The Hall–Kier alpha value is -1.40. The Morgan fingerprint density at radius 1 is 1.35 bits per heavy atom. The maximum Gasteiger partial charge on any atom is 0.248 e. The first-order valence-corrected chi connectivity index (χ1v) is 8.80. The molecule has 2 heterocycles. The van der Waals surface area contributed by atoms with Crippen LogP contribution in [0.2, 0.25) is 0 Å². The molecule has 1 aliphatic heterocycles. The highest BCUT2D eigenvalue weighted by molar-refractivity contribution is 5.84. The van der Waals surface area contributed by atoms with E-state index in [1.165, 1.54) is 12.8 Å². The number of hydrogen-bond donors (Lipinski definition) is 2. The molecular weight excluding hydrogens is 290 g/mol. The second-order valence-corrected chi connectivity index (χ2v) is 7.19. The fraction of sp³-hybridized carbons (Fsp3) is 0.765. The Kier molecular flexibility index (Phi) is 5.02. The lowest BCUT2D eigenvalue weighted by Gasteiger charge is -2.39. The van der Waals surface area contributed by atoms with Gasteiger partial charge in [0.2, 0.25) is 5.91 Å².